The molecule has 0 radical (unpaired) electrons. The van der Waals surface area contributed by atoms with Gasteiger partial charge in [-0.15, -0.1) is 0 Å². The molecule has 4 rings (SSSR count). The Labute approximate surface area is 135 Å². The normalized spacial score (nSPS) is 60.5. The van der Waals surface area contributed by atoms with E-state index in [1.807, 2.05) is 0 Å². The van der Waals surface area contributed by atoms with Crippen LogP contribution in [0.15, 0.2) is 12.2 Å². The van der Waals surface area contributed by atoms with Crippen molar-refractivity contribution in [2.24, 2.45) is 40.4 Å². The van der Waals surface area contributed by atoms with Crippen molar-refractivity contribution < 1.29 is 10.2 Å². The predicted molar refractivity (Wildman–Crippen MR) is 88.2 cm³/mol. The minimum absolute atomic E-state index is 0.0834. The van der Waals surface area contributed by atoms with E-state index in [1.54, 1.807) is 0 Å². The first-order valence-corrected chi connectivity index (χ1v) is 9.42. The SMILES string of the molecule is C[C@H]1C[C@@H]2C[C@@H](O)C=C[C@]2(C)[C@H]2CC[C@]3(C)[C@@H](O)CC[C@H]3[C@H]12. The molecular formula is C20H32O2. The summed E-state index contributed by atoms with van der Waals surface area (Å²) in [7, 11) is 0. The Morgan fingerprint density at radius 3 is 2.55 bits per heavy atom. The van der Waals surface area contributed by atoms with Crippen LogP contribution < -0.4 is 0 Å². The molecule has 0 aliphatic heterocycles. The molecule has 0 aromatic heterocycles. The molecule has 0 amide bonds. The van der Waals surface area contributed by atoms with E-state index in [0.717, 1.165) is 30.6 Å². The Kier molecular flexibility index (Phi) is 3.34. The van der Waals surface area contributed by atoms with E-state index >= 15 is 0 Å². The molecule has 2 nitrogen and oxygen atoms in total. The van der Waals surface area contributed by atoms with E-state index in [4.69, 9.17) is 0 Å². The molecule has 9 atom stereocenters. The maximum absolute atomic E-state index is 10.5. The zero-order valence-corrected chi connectivity index (χ0v) is 14.3. The van der Waals surface area contributed by atoms with Crippen LogP contribution in [-0.2, 0) is 0 Å². The van der Waals surface area contributed by atoms with Gasteiger partial charge in [-0.25, -0.2) is 0 Å². The Morgan fingerprint density at radius 1 is 1.00 bits per heavy atom. The minimum Gasteiger partial charge on any atom is -0.393 e. The fourth-order valence-corrected chi connectivity index (χ4v) is 7.15. The van der Waals surface area contributed by atoms with Crippen molar-refractivity contribution in [1.82, 2.24) is 0 Å². The molecule has 4 aliphatic rings. The lowest BCUT2D eigenvalue weighted by Crippen LogP contribution is -2.55. The van der Waals surface area contributed by atoms with Gasteiger partial charge in [0.05, 0.1) is 12.2 Å². The van der Waals surface area contributed by atoms with Gasteiger partial charge in [-0.2, -0.15) is 0 Å². The van der Waals surface area contributed by atoms with Crippen LogP contribution >= 0.6 is 0 Å². The molecule has 3 fully saturated rings. The first-order chi connectivity index (χ1) is 10.4. The smallest absolute Gasteiger partial charge is 0.0724 e. The van der Waals surface area contributed by atoms with Gasteiger partial charge in [0.15, 0.2) is 0 Å². The number of hydrogen-bond acceptors (Lipinski definition) is 2. The zero-order chi connectivity index (χ0) is 15.7. The summed E-state index contributed by atoms with van der Waals surface area (Å²) in [6.45, 7) is 7.25. The first kappa shape index (κ1) is 15.2. The average Bonchev–Trinajstić information content (AvgIpc) is 2.77. The summed E-state index contributed by atoms with van der Waals surface area (Å²) in [6, 6.07) is 0. The molecule has 3 saturated carbocycles. The van der Waals surface area contributed by atoms with Crippen molar-refractivity contribution in [1.29, 1.82) is 0 Å². The Hall–Kier alpha value is -0.340. The molecule has 0 aromatic rings. The second-order valence-corrected chi connectivity index (χ2v) is 9.37. The van der Waals surface area contributed by atoms with E-state index in [0.29, 0.717) is 11.8 Å². The van der Waals surface area contributed by atoms with E-state index in [-0.39, 0.29) is 23.0 Å². The minimum atomic E-state index is -0.232. The van der Waals surface area contributed by atoms with E-state index < -0.39 is 0 Å². The molecule has 22 heavy (non-hydrogen) atoms. The molecular weight excluding hydrogens is 272 g/mol. The van der Waals surface area contributed by atoms with Crippen molar-refractivity contribution in [2.75, 3.05) is 0 Å². The van der Waals surface area contributed by atoms with Crippen molar-refractivity contribution in [3.8, 4) is 0 Å². The van der Waals surface area contributed by atoms with Crippen LogP contribution in [0.5, 0.6) is 0 Å². The molecule has 0 aromatic carbocycles. The molecule has 124 valence electrons. The van der Waals surface area contributed by atoms with Gasteiger partial charge in [0, 0.05) is 0 Å². The summed E-state index contributed by atoms with van der Waals surface area (Å²) in [5, 5.41) is 20.6. The van der Waals surface area contributed by atoms with Crippen molar-refractivity contribution in [3.05, 3.63) is 12.2 Å². The van der Waals surface area contributed by atoms with Crippen LogP contribution in [0.2, 0.25) is 0 Å². The molecule has 0 bridgehead atoms. The fraction of sp³-hybridized carbons (Fsp3) is 0.900. The maximum atomic E-state index is 10.5. The monoisotopic (exact) mass is 304 g/mol. The predicted octanol–water partition coefficient (Wildman–Crippen LogP) is 3.77. The molecule has 0 heterocycles. The van der Waals surface area contributed by atoms with Crippen molar-refractivity contribution in [2.45, 2.75) is 71.5 Å². The molecule has 2 N–H and O–H groups in total. The number of fused-ring (bicyclic) bond motifs is 5. The standard InChI is InChI=1S/C20H32O2/c1-12-10-13-11-14(21)6-8-19(13,2)16-7-9-20(3)15(18(12)16)4-5-17(20)22/h6,8,12-18,21-22H,4-5,7,9-11H2,1-3H3/t12-,13+,14-,15-,16-,17-,18-,19-,20-/m0/s1. The number of aliphatic hydroxyl groups excluding tert-OH is 2. The summed E-state index contributed by atoms with van der Waals surface area (Å²) >= 11 is 0. The van der Waals surface area contributed by atoms with Gasteiger partial charge in [0.1, 0.15) is 0 Å². The zero-order valence-electron chi connectivity index (χ0n) is 14.3. The Bertz CT molecular complexity index is 486. The van der Waals surface area contributed by atoms with Crippen LogP contribution in [0.4, 0.5) is 0 Å². The van der Waals surface area contributed by atoms with Gasteiger partial charge >= 0.3 is 0 Å². The highest BCUT2D eigenvalue weighted by Gasteiger charge is 2.61. The van der Waals surface area contributed by atoms with Crippen LogP contribution in [0.3, 0.4) is 0 Å². The van der Waals surface area contributed by atoms with E-state index in [9.17, 15) is 10.2 Å². The Balaban J connectivity index is 1.71. The maximum Gasteiger partial charge on any atom is 0.0724 e. The van der Waals surface area contributed by atoms with Crippen LogP contribution in [-0.4, -0.2) is 22.4 Å². The summed E-state index contributed by atoms with van der Waals surface area (Å²) in [6.07, 6.45) is 11.0. The van der Waals surface area contributed by atoms with Gasteiger partial charge in [0.2, 0.25) is 0 Å². The van der Waals surface area contributed by atoms with Gasteiger partial charge < -0.3 is 10.2 Å². The van der Waals surface area contributed by atoms with Crippen LogP contribution in [0.1, 0.15) is 59.3 Å². The molecule has 0 unspecified atom stereocenters. The third-order valence-electron chi connectivity index (χ3n) is 8.48. The van der Waals surface area contributed by atoms with E-state index in [1.165, 1.54) is 25.7 Å². The van der Waals surface area contributed by atoms with Gasteiger partial charge in [-0.05, 0) is 78.9 Å². The summed E-state index contributed by atoms with van der Waals surface area (Å²) in [5.41, 5.74) is 0.432. The lowest BCUT2D eigenvalue weighted by Gasteiger charge is -2.61. The van der Waals surface area contributed by atoms with Crippen LogP contribution in [0.25, 0.3) is 0 Å². The number of hydrogen-bond donors (Lipinski definition) is 2. The second kappa shape index (κ2) is 4.83. The van der Waals surface area contributed by atoms with E-state index in [2.05, 4.69) is 32.9 Å². The number of allylic oxidation sites excluding steroid dienone is 1. The molecule has 4 aliphatic carbocycles. The molecule has 0 saturated heterocycles. The average molecular weight is 304 g/mol. The lowest BCUT2D eigenvalue weighted by atomic mass is 9.44. The lowest BCUT2D eigenvalue weighted by molar-refractivity contribution is -0.122. The third-order valence-corrected chi connectivity index (χ3v) is 8.48. The number of aliphatic hydroxyl groups is 2. The second-order valence-electron chi connectivity index (χ2n) is 9.37. The molecule has 2 heteroatoms. The van der Waals surface area contributed by atoms with Crippen LogP contribution in [0, 0.1) is 40.4 Å². The first-order valence-electron chi connectivity index (χ1n) is 9.42. The highest BCUT2D eigenvalue weighted by Crippen LogP contribution is 2.66. The summed E-state index contributed by atoms with van der Waals surface area (Å²) in [4.78, 5) is 0. The van der Waals surface area contributed by atoms with Crippen molar-refractivity contribution >= 4 is 0 Å². The largest absolute Gasteiger partial charge is 0.393 e. The van der Waals surface area contributed by atoms with Crippen molar-refractivity contribution in [3.63, 3.8) is 0 Å². The fourth-order valence-electron chi connectivity index (χ4n) is 7.15. The summed E-state index contributed by atoms with van der Waals surface area (Å²) < 4.78 is 0. The number of rotatable bonds is 0. The van der Waals surface area contributed by atoms with Gasteiger partial charge in [-0.1, -0.05) is 32.9 Å². The highest BCUT2D eigenvalue weighted by molar-refractivity contribution is 5.18. The third kappa shape index (κ3) is 1.86. The van der Waals surface area contributed by atoms with Gasteiger partial charge in [-0.3, -0.25) is 0 Å². The topological polar surface area (TPSA) is 40.5 Å². The van der Waals surface area contributed by atoms with Gasteiger partial charge in [0.25, 0.3) is 0 Å². The highest BCUT2D eigenvalue weighted by atomic mass is 16.3. The Morgan fingerprint density at radius 2 is 1.77 bits per heavy atom. The molecule has 0 spiro atoms. The quantitative estimate of drug-likeness (QED) is 0.669. The summed E-state index contributed by atoms with van der Waals surface area (Å²) in [5.74, 6) is 3.58.